The molecule has 1 heterocycles. The smallest absolute Gasteiger partial charge is 0.327 e. The minimum Gasteiger partial charge on any atom is -0.478 e. The number of hydrogen-bond acceptors (Lipinski definition) is 2. The predicted octanol–water partition coefficient (Wildman–Crippen LogP) is 2.29. The molecule has 0 aromatic carbocycles. The summed E-state index contributed by atoms with van der Waals surface area (Å²) in [7, 11) is 0. The molecule has 3 nitrogen and oxygen atoms in total. The summed E-state index contributed by atoms with van der Waals surface area (Å²) in [4.78, 5) is 14.4. The first-order valence-corrected chi connectivity index (χ1v) is 4.81. The van der Waals surface area contributed by atoms with Gasteiger partial charge in [-0.05, 0) is 23.5 Å². The number of allylic oxidation sites excluding steroid dienone is 1. The standard InChI is InChI=1S/C12H15NO2/c1-12(2,6-5-11(14)15)8-10-4-3-7-13-9-10/h3-7,9H,8H2,1-2H3,(H,14,15)/b6-5+. The average molecular weight is 205 g/mol. The zero-order valence-corrected chi connectivity index (χ0v) is 8.97. The number of carbonyl (C=O) groups is 1. The van der Waals surface area contributed by atoms with E-state index in [1.807, 2.05) is 26.0 Å². The molecule has 0 aliphatic rings. The molecular weight excluding hydrogens is 190 g/mol. The zero-order chi connectivity index (χ0) is 11.3. The van der Waals surface area contributed by atoms with Gasteiger partial charge in [0.25, 0.3) is 0 Å². The Kier molecular flexibility index (Phi) is 3.61. The number of nitrogens with zero attached hydrogens (tertiary/aromatic N) is 1. The number of carboxylic acid groups (broad SMARTS) is 1. The Morgan fingerprint density at radius 3 is 2.87 bits per heavy atom. The maximum atomic E-state index is 10.4. The van der Waals surface area contributed by atoms with Crippen LogP contribution in [-0.4, -0.2) is 16.1 Å². The van der Waals surface area contributed by atoms with Crippen molar-refractivity contribution in [1.82, 2.24) is 4.98 Å². The molecule has 0 aliphatic heterocycles. The van der Waals surface area contributed by atoms with E-state index in [-0.39, 0.29) is 5.41 Å². The van der Waals surface area contributed by atoms with Crippen LogP contribution in [0.25, 0.3) is 0 Å². The lowest BCUT2D eigenvalue weighted by atomic mass is 9.86. The van der Waals surface area contributed by atoms with E-state index in [0.29, 0.717) is 0 Å². The Morgan fingerprint density at radius 1 is 1.60 bits per heavy atom. The molecule has 0 saturated carbocycles. The van der Waals surface area contributed by atoms with E-state index in [2.05, 4.69) is 4.98 Å². The van der Waals surface area contributed by atoms with E-state index < -0.39 is 5.97 Å². The van der Waals surface area contributed by atoms with Crippen LogP contribution in [0.3, 0.4) is 0 Å². The number of carboxylic acids is 1. The van der Waals surface area contributed by atoms with Crippen LogP contribution in [0.1, 0.15) is 19.4 Å². The Hall–Kier alpha value is -1.64. The third-order valence-corrected chi connectivity index (χ3v) is 2.06. The molecule has 0 unspecified atom stereocenters. The Labute approximate surface area is 89.5 Å². The van der Waals surface area contributed by atoms with Gasteiger partial charge in [-0.2, -0.15) is 0 Å². The van der Waals surface area contributed by atoms with Gasteiger partial charge in [-0.25, -0.2) is 4.79 Å². The fourth-order valence-corrected chi connectivity index (χ4v) is 1.38. The maximum absolute atomic E-state index is 10.4. The van der Waals surface area contributed by atoms with E-state index in [1.165, 1.54) is 6.08 Å². The molecule has 0 amide bonds. The van der Waals surface area contributed by atoms with Crippen molar-refractivity contribution in [1.29, 1.82) is 0 Å². The second-order valence-electron chi connectivity index (χ2n) is 4.20. The van der Waals surface area contributed by atoms with Gasteiger partial charge in [-0.3, -0.25) is 4.98 Å². The summed E-state index contributed by atoms with van der Waals surface area (Å²) in [5.41, 5.74) is 0.944. The molecule has 0 saturated heterocycles. The molecule has 0 spiro atoms. The van der Waals surface area contributed by atoms with Gasteiger partial charge in [-0.15, -0.1) is 0 Å². The number of pyridine rings is 1. The maximum Gasteiger partial charge on any atom is 0.327 e. The fourth-order valence-electron chi connectivity index (χ4n) is 1.38. The molecule has 15 heavy (non-hydrogen) atoms. The van der Waals surface area contributed by atoms with Gasteiger partial charge in [0.15, 0.2) is 0 Å². The van der Waals surface area contributed by atoms with Gasteiger partial charge in [-0.1, -0.05) is 26.0 Å². The summed E-state index contributed by atoms with van der Waals surface area (Å²) < 4.78 is 0. The first kappa shape index (κ1) is 11.4. The molecule has 80 valence electrons. The Balaban J connectivity index is 2.68. The summed E-state index contributed by atoms with van der Waals surface area (Å²) in [5.74, 6) is -0.908. The summed E-state index contributed by atoms with van der Waals surface area (Å²) in [6, 6.07) is 3.87. The number of aromatic nitrogens is 1. The third kappa shape index (κ3) is 4.40. The molecular formula is C12H15NO2. The van der Waals surface area contributed by atoms with Crippen LogP contribution in [0.5, 0.6) is 0 Å². The van der Waals surface area contributed by atoms with Crippen LogP contribution < -0.4 is 0 Å². The van der Waals surface area contributed by atoms with Crippen molar-refractivity contribution in [3.05, 3.63) is 42.2 Å². The highest BCUT2D eigenvalue weighted by molar-refractivity contribution is 5.79. The van der Waals surface area contributed by atoms with Crippen molar-refractivity contribution >= 4 is 5.97 Å². The first-order chi connectivity index (χ1) is 6.99. The van der Waals surface area contributed by atoms with Crippen LogP contribution in [-0.2, 0) is 11.2 Å². The lowest BCUT2D eigenvalue weighted by molar-refractivity contribution is -0.131. The van der Waals surface area contributed by atoms with Gasteiger partial charge in [0.05, 0.1) is 0 Å². The van der Waals surface area contributed by atoms with Crippen molar-refractivity contribution in [2.24, 2.45) is 5.41 Å². The largest absolute Gasteiger partial charge is 0.478 e. The zero-order valence-electron chi connectivity index (χ0n) is 8.97. The number of rotatable bonds is 4. The van der Waals surface area contributed by atoms with Crippen LogP contribution in [0.15, 0.2) is 36.7 Å². The lowest BCUT2D eigenvalue weighted by Crippen LogP contribution is -2.12. The van der Waals surface area contributed by atoms with E-state index in [1.54, 1.807) is 18.5 Å². The molecule has 1 aromatic rings. The van der Waals surface area contributed by atoms with Crippen molar-refractivity contribution in [3.8, 4) is 0 Å². The second-order valence-corrected chi connectivity index (χ2v) is 4.20. The molecule has 0 radical (unpaired) electrons. The van der Waals surface area contributed by atoms with Crippen LogP contribution >= 0.6 is 0 Å². The third-order valence-electron chi connectivity index (χ3n) is 2.06. The Bertz CT molecular complexity index is 355. The van der Waals surface area contributed by atoms with Crippen molar-refractivity contribution in [2.75, 3.05) is 0 Å². The minimum atomic E-state index is -0.908. The van der Waals surface area contributed by atoms with E-state index >= 15 is 0 Å². The molecule has 1 N–H and O–H groups in total. The Morgan fingerprint density at radius 2 is 2.33 bits per heavy atom. The van der Waals surface area contributed by atoms with Gasteiger partial charge < -0.3 is 5.11 Å². The molecule has 1 rings (SSSR count). The van der Waals surface area contributed by atoms with E-state index in [0.717, 1.165) is 12.0 Å². The SMILES string of the molecule is CC(C)(/C=C/C(=O)O)Cc1cccnc1. The highest BCUT2D eigenvalue weighted by Gasteiger charge is 2.15. The molecule has 0 atom stereocenters. The predicted molar refractivity (Wildman–Crippen MR) is 58.5 cm³/mol. The highest BCUT2D eigenvalue weighted by atomic mass is 16.4. The number of aliphatic carboxylic acids is 1. The fraction of sp³-hybridized carbons (Fsp3) is 0.333. The molecule has 1 aromatic heterocycles. The van der Waals surface area contributed by atoms with Crippen molar-refractivity contribution < 1.29 is 9.90 Å². The van der Waals surface area contributed by atoms with Crippen molar-refractivity contribution in [2.45, 2.75) is 20.3 Å². The van der Waals surface area contributed by atoms with E-state index in [4.69, 9.17) is 5.11 Å². The molecule has 0 bridgehead atoms. The molecule has 3 heteroatoms. The van der Waals surface area contributed by atoms with Crippen LogP contribution in [0, 0.1) is 5.41 Å². The van der Waals surface area contributed by atoms with Gasteiger partial charge in [0.1, 0.15) is 0 Å². The summed E-state index contributed by atoms with van der Waals surface area (Å²) >= 11 is 0. The average Bonchev–Trinajstić information content (AvgIpc) is 2.16. The minimum absolute atomic E-state index is 0.165. The highest BCUT2D eigenvalue weighted by Crippen LogP contribution is 2.22. The summed E-state index contributed by atoms with van der Waals surface area (Å²) in [6.07, 6.45) is 7.21. The van der Waals surface area contributed by atoms with Crippen LogP contribution in [0.4, 0.5) is 0 Å². The second kappa shape index (κ2) is 4.73. The summed E-state index contributed by atoms with van der Waals surface area (Å²) in [5, 5.41) is 8.54. The van der Waals surface area contributed by atoms with Gasteiger partial charge in [0, 0.05) is 18.5 Å². The molecule has 0 fully saturated rings. The number of hydrogen-bond donors (Lipinski definition) is 1. The first-order valence-electron chi connectivity index (χ1n) is 4.81. The molecule has 0 aliphatic carbocycles. The van der Waals surface area contributed by atoms with Gasteiger partial charge >= 0.3 is 5.97 Å². The quantitative estimate of drug-likeness (QED) is 0.767. The monoisotopic (exact) mass is 205 g/mol. The van der Waals surface area contributed by atoms with Crippen molar-refractivity contribution in [3.63, 3.8) is 0 Å². The summed E-state index contributed by atoms with van der Waals surface area (Å²) in [6.45, 7) is 4.00. The topological polar surface area (TPSA) is 50.2 Å². The van der Waals surface area contributed by atoms with Crippen LogP contribution in [0.2, 0.25) is 0 Å². The van der Waals surface area contributed by atoms with Gasteiger partial charge in [0.2, 0.25) is 0 Å². The lowest BCUT2D eigenvalue weighted by Gasteiger charge is -2.19. The normalized spacial score (nSPS) is 11.9. The van der Waals surface area contributed by atoms with E-state index in [9.17, 15) is 4.79 Å².